The predicted octanol–water partition coefficient (Wildman–Crippen LogP) is 2.17. The van der Waals surface area contributed by atoms with Crippen molar-refractivity contribution >= 4 is 5.91 Å². The van der Waals surface area contributed by atoms with E-state index in [1.807, 2.05) is 24.1 Å². The van der Waals surface area contributed by atoms with Gasteiger partial charge < -0.3 is 9.42 Å². The molecule has 7 heteroatoms. The number of nitrogens with one attached hydrogen (secondary N) is 1. The summed E-state index contributed by atoms with van der Waals surface area (Å²) >= 11 is 0. The molecule has 0 aromatic carbocycles. The first kappa shape index (κ1) is 16.3. The standard InChI is InChI=1S/C18H25N5O2/c1-13-10-16(25-21-13)15-11-19-20-18(15)14-4-8-22(9-5-14)12-17(24)23-6-2-3-7-23/h10-11,14H,2-9,12H2,1H3,(H,19,20). The van der Waals surface area contributed by atoms with Crippen LogP contribution >= 0.6 is 0 Å². The van der Waals surface area contributed by atoms with Crippen molar-refractivity contribution in [3.05, 3.63) is 23.7 Å². The Kier molecular flexibility index (Phi) is 4.57. The third-order valence-corrected chi connectivity index (χ3v) is 5.38. The molecule has 0 saturated carbocycles. The first-order valence-electron chi connectivity index (χ1n) is 9.18. The van der Waals surface area contributed by atoms with Gasteiger partial charge in [-0.05, 0) is 45.7 Å². The second-order valence-corrected chi connectivity index (χ2v) is 7.17. The molecule has 2 aliphatic rings. The van der Waals surface area contributed by atoms with Crippen LogP contribution in [0.2, 0.25) is 0 Å². The Bertz CT molecular complexity index is 723. The fourth-order valence-electron chi connectivity index (χ4n) is 3.93. The van der Waals surface area contributed by atoms with Crippen molar-refractivity contribution in [2.45, 2.75) is 38.5 Å². The highest BCUT2D eigenvalue weighted by Gasteiger charge is 2.27. The first-order valence-corrected chi connectivity index (χ1v) is 9.18. The molecular formula is C18H25N5O2. The van der Waals surface area contributed by atoms with E-state index in [2.05, 4.69) is 20.3 Å². The van der Waals surface area contributed by atoms with Gasteiger partial charge in [0, 0.05) is 30.8 Å². The molecule has 7 nitrogen and oxygen atoms in total. The first-order chi connectivity index (χ1) is 12.2. The van der Waals surface area contributed by atoms with Crippen LogP contribution in [0.3, 0.4) is 0 Å². The van der Waals surface area contributed by atoms with Crippen LogP contribution in [0.1, 0.15) is 43.0 Å². The van der Waals surface area contributed by atoms with E-state index in [-0.39, 0.29) is 5.91 Å². The molecule has 1 N–H and O–H groups in total. The molecule has 2 aromatic heterocycles. The van der Waals surface area contributed by atoms with Crippen LogP contribution < -0.4 is 0 Å². The number of carbonyl (C=O) groups is 1. The highest BCUT2D eigenvalue weighted by atomic mass is 16.5. The van der Waals surface area contributed by atoms with Crippen molar-refractivity contribution in [2.24, 2.45) is 0 Å². The quantitative estimate of drug-likeness (QED) is 0.920. The molecular weight excluding hydrogens is 318 g/mol. The van der Waals surface area contributed by atoms with Crippen molar-refractivity contribution < 1.29 is 9.32 Å². The maximum Gasteiger partial charge on any atom is 0.236 e. The van der Waals surface area contributed by atoms with Gasteiger partial charge in [-0.2, -0.15) is 5.10 Å². The Labute approximate surface area is 147 Å². The number of hydrogen-bond donors (Lipinski definition) is 1. The smallest absolute Gasteiger partial charge is 0.236 e. The van der Waals surface area contributed by atoms with E-state index in [4.69, 9.17) is 4.52 Å². The molecule has 2 aromatic rings. The Hall–Kier alpha value is -2.15. The number of likely N-dealkylation sites (tertiary alicyclic amines) is 2. The summed E-state index contributed by atoms with van der Waals surface area (Å²) in [5, 5.41) is 11.3. The summed E-state index contributed by atoms with van der Waals surface area (Å²) in [5.41, 5.74) is 3.01. The summed E-state index contributed by atoms with van der Waals surface area (Å²) < 4.78 is 5.40. The molecule has 0 radical (unpaired) electrons. The number of aryl methyl sites for hydroxylation is 1. The molecule has 4 rings (SSSR count). The second-order valence-electron chi connectivity index (χ2n) is 7.17. The molecule has 134 valence electrons. The van der Waals surface area contributed by atoms with E-state index in [0.717, 1.165) is 74.6 Å². The third kappa shape index (κ3) is 3.46. The van der Waals surface area contributed by atoms with Crippen LogP contribution in [0.4, 0.5) is 0 Å². The lowest BCUT2D eigenvalue weighted by Crippen LogP contribution is -2.42. The monoisotopic (exact) mass is 343 g/mol. The molecule has 0 spiro atoms. The lowest BCUT2D eigenvalue weighted by molar-refractivity contribution is -0.131. The van der Waals surface area contributed by atoms with Gasteiger partial charge in [0.15, 0.2) is 5.76 Å². The van der Waals surface area contributed by atoms with Crippen LogP contribution in [0.5, 0.6) is 0 Å². The average molecular weight is 343 g/mol. The molecule has 2 saturated heterocycles. The lowest BCUT2D eigenvalue weighted by Gasteiger charge is -2.32. The topological polar surface area (TPSA) is 78.3 Å². The number of rotatable bonds is 4. The van der Waals surface area contributed by atoms with Crippen LogP contribution in [0.15, 0.2) is 16.8 Å². The van der Waals surface area contributed by atoms with Crippen molar-refractivity contribution in [1.82, 2.24) is 25.2 Å². The molecule has 0 unspecified atom stereocenters. The van der Waals surface area contributed by atoms with Crippen molar-refractivity contribution in [3.63, 3.8) is 0 Å². The van der Waals surface area contributed by atoms with Crippen molar-refractivity contribution in [1.29, 1.82) is 0 Å². The van der Waals surface area contributed by atoms with Gasteiger partial charge in [0.05, 0.1) is 24.0 Å². The summed E-state index contributed by atoms with van der Waals surface area (Å²) in [7, 11) is 0. The molecule has 0 aliphatic carbocycles. The Morgan fingerprint density at radius 3 is 2.72 bits per heavy atom. The fraction of sp³-hybridized carbons (Fsp3) is 0.611. The zero-order chi connectivity index (χ0) is 17.2. The summed E-state index contributed by atoms with van der Waals surface area (Å²) in [5.74, 6) is 1.48. The van der Waals surface area contributed by atoms with Crippen LogP contribution in [-0.2, 0) is 4.79 Å². The minimum atomic E-state index is 0.287. The maximum atomic E-state index is 12.3. The number of aromatic amines is 1. The van der Waals surface area contributed by atoms with Gasteiger partial charge in [0.25, 0.3) is 0 Å². The average Bonchev–Trinajstić information content (AvgIpc) is 3.36. The molecule has 2 fully saturated rings. The van der Waals surface area contributed by atoms with E-state index in [0.29, 0.717) is 12.5 Å². The predicted molar refractivity (Wildman–Crippen MR) is 93.1 cm³/mol. The minimum absolute atomic E-state index is 0.287. The zero-order valence-corrected chi connectivity index (χ0v) is 14.7. The number of piperidine rings is 1. The lowest BCUT2D eigenvalue weighted by atomic mass is 9.91. The molecule has 0 atom stereocenters. The normalized spacial score (nSPS) is 19.6. The number of H-pyrrole nitrogens is 1. The van der Waals surface area contributed by atoms with Crippen molar-refractivity contribution in [3.8, 4) is 11.3 Å². The van der Waals surface area contributed by atoms with Crippen LogP contribution in [0, 0.1) is 6.92 Å². The van der Waals surface area contributed by atoms with Gasteiger partial charge in [-0.1, -0.05) is 5.16 Å². The van der Waals surface area contributed by atoms with Gasteiger partial charge in [-0.15, -0.1) is 0 Å². The summed E-state index contributed by atoms with van der Waals surface area (Å²) in [6.45, 7) is 6.23. The summed E-state index contributed by atoms with van der Waals surface area (Å²) in [6.07, 6.45) is 6.17. The minimum Gasteiger partial charge on any atom is -0.356 e. The van der Waals surface area contributed by atoms with E-state index in [1.165, 1.54) is 0 Å². The number of carbonyl (C=O) groups excluding carboxylic acids is 1. The molecule has 1 amide bonds. The SMILES string of the molecule is Cc1cc(-c2cn[nH]c2C2CCN(CC(=O)N3CCCC3)CC2)on1. The van der Waals surface area contributed by atoms with Gasteiger partial charge in [0.1, 0.15) is 0 Å². The zero-order valence-electron chi connectivity index (χ0n) is 14.7. The van der Waals surface area contributed by atoms with E-state index < -0.39 is 0 Å². The molecule has 0 bridgehead atoms. The van der Waals surface area contributed by atoms with Gasteiger partial charge in [0.2, 0.25) is 5.91 Å². The van der Waals surface area contributed by atoms with Gasteiger partial charge in [-0.3, -0.25) is 14.8 Å². The Morgan fingerprint density at radius 2 is 2.04 bits per heavy atom. The summed E-state index contributed by atoms with van der Waals surface area (Å²) in [4.78, 5) is 16.6. The number of amides is 1. The van der Waals surface area contributed by atoms with E-state index >= 15 is 0 Å². The van der Waals surface area contributed by atoms with E-state index in [1.54, 1.807) is 0 Å². The Balaban J connectivity index is 1.36. The maximum absolute atomic E-state index is 12.3. The number of nitrogens with zero attached hydrogens (tertiary/aromatic N) is 4. The van der Waals surface area contributed by atoms with Gasteiger partial charge in [-0.25, -0.2) is 0 Å². The highest BCUT2D eigenvalue weighted by Crippen LogP contribution is 2.34. The highest BCUT2D eigenvalue weighted by molar-refractivity contribution is 5.78. The van der Waals surface area contributed by atoms with E-state index in [9.17, 15) is 4.79 Å². The Morgan fingerprint density at radius 1 is 1.28 bits per heavy atom. The number of hydrogen-bond acceptors (Lipinski definition) is 5. The molecule has 4 heterocycles. The van der Waals surface area contributed by atoms with Crippen LogP contribution in [-0.4, -0.2) is 63.8 Å². The summed E-state index contributed by atoms with van der Waals surface area (Å²) in [6, 6.07) is 1.94. The van der Waals surface area contributed by atoms with Gasteiger partial charge >= 0.3 is 0 Å². The second kappa shape index (κ2) is 7.00. The third-order valence-electron chi connectivity index (χ3n) is 5.38. The van der Waals surface area contributed by atoms with Crippen molar-refractivity contribution in [2.75, 3.05) is 32.7 Å². The van der Waals surface area contributed by atoms with Crippen LogP contribution in [0.25, 0.3) is 11.3 Å². The molecule has 25 heavy (non-hydrogen) atoms. The molecule has 2 aliphatic heterocycles. The number of aromatic nitrogens is 3. The fourth-order valence-corrected chi connectivity index (χ4v) is 3.93. The largest absolute Gasteiger partial charge is 0.356 e.